The van der Waals surface area contributed by atoms with E-state index in [1.54, 1.807) is 18.4 Å². The predicted molar refractivity (Wildman–Crippen MR) is 59.8 cm³/mol. The van der Waals surface area contributed by atoms with Crippen molar-refractivity contribution in [1.82, 2.24) is 0 Å². The molecule has 4 heteroatoms. The number of aliphatic hydroxyl groups is 1. The maximum Gasteiger partial charge on any atom is 0.104 e. The summed E-state index contributed by atoms with van der Waals surface area (Å²) in [4.78, 5) is 2.09. The Morgan fingerprint density at radius 2 is 2.27 bits per heavy atom. The van der Waals surface area contributed by atoms with Crippen LogP contribution in [0.25, 0.3) is 0 Å². The van der Waals surface area contributed by atoms with Gasteiger partial charge in [-0.25, -0.2) is 0 Å². The summed E-state index contributed by atoms with van der Waals surface area (Å²) in [5, 5.41) is 8.53. The van der Waals surface area contributed by atoms with Crippen molar-refractivity contribution < 1.29 is 14.6 Å². The van der Waals surface area contributed by atoms with E-state index in [2.05, 4.69) is 11.8 Å². The van der Waals surface area contributed by atoms with Gasteiger partial charge in [-0.15, -0.1) is 11.3 Å². The summed E-state index contributed by atoms with van der Waals surface area (Å²) in [5.74, 6) is 5.46. The van der Waals surface area contributed by atoms with Crippen molar-refractivity contribution >= 4 is 11.3 Å². The van der Waals surface area contributed by atoms with Crippen molar-refractivity contribution in [2.45, 2.75) is 6.61 Å². The van der Waals surface area contributed by atoms with Crippen LogP contribution in [-0.2, 0) is 16.1 Å². The Kier molecular flexibility index (Phi) is 6.05. The molecule has 1 heterocycles. The first-order chi connectivity index (χ1) is 7.36. The first-order valence-electron chi connectivity index (χ1n) is 4.62. The van der Waals surface area contributed by atoms with E-state index in [4.69, 9.17) is 14.6 Å². The average Bonchev–Trinajstić information content (AvgIpc) is 2.69. The lowest BCUT2D eigenvalue weighted by atomic mass is 10.4. The third-order valence-corrected chi connectivity index (χ3v) is 2.60. The molecule has 0 aliphatic carbocycles. The molecule has 0 radical (unpaired) electrons. The largest absolute Gasteiger partial charge is 0.384 e. The van der Waals surface area contributed by atoms with Gasteiger partial charge in [0.15, 0.2) is 0 Å². The first-order valence-corrected chi connectivity index (χ1v) is 5.43. The maximum absolute atomic E-state index is 8.53. The van der Waals surface area contributed by atoms with E-state index in [9.17, 15) is 0 Å². The second kappa shape index (κ2) is 7.43. The molecule has 0 bridgehead atoms. The normalized spacial score (nSPS) is 9.73. The number of hydrogen-bond acceptors (Lipinski definition) is 4. The number of aliphatic hydroxyl groups excluding tert-OH is 1. The third kappa shape index (κ3) is 4.96. The minimum atomic E-state index is -0.0996. The second-order valence-corrected chi connectivity index (χ2v) is 3.94. The van der Waals surface area contributed by atoms with Crippen LogP contribution >= 0.6 is 11.3 Å². The van der Waals surface area contributed by atoms with Crippen molar-refractivity contribution in [3.8, 4) is 11.8 Å². The average molecular weight is 226 g/mol. The molecule has 1 aromatic rings. The predicted octanol–water partition coefficient (Wildman–Crippen LogP) is 1.25. The van der Waals surface area contributed by atoms with Gasteiger partial charge in [-0.05, 0) is 12.1 Å². The van der Waals surface area contributed by atoms with Crippen LogP contribution in [0.2, 0.25) is 0 Å². The van der Waals surface area contributed by atoms with E-state index < -0.39 is 0 Å². The fourth-order valence-corrected chi connectivity index (χ4v) is 1.78. The van der Waals surface area contributed by atoms with E-state index in [1.807, 2.05) is 12.1 Å². The third-order valence-electron chi connectivity index (χ3n) is 1.63. The van der Waals surface area contributed by atoms with E-state index in [0.717, 1.165) is 9.75 Å². The molecule has 0 fully saturated rings. The quantitative estimate of drug-likeness (QED) is 0.606. The van der Waals surface area contributed by atoms with Gasteiger partial charge in [0, 0.05) is 12.0 Å². The minimum Gasteiger partial charge on any atom is -0.384 e. The summed E-state index contributed by atoms with van der Waals surface area (Å²) in [6.45, 7) is 1.71. The summed E-state index contributed by atoms with van der Waals surface area (Å²) in [6.07, 6.45) is 0. The molecule has 0 amide bonds. The molecule has 82 valence electrons. The smallest absolute Gasteiger partial charge is 0.104 e. The zero-order valence-electron chi connectivity index (χ0n) is 8.66. The number of thiophene rings is 1. The van der Waals surface area contributed by atoms with Gasteiger partial charge in [0.1, 0.15) is 6.61 Å². The van der Waals surface area contributed by atoms with E-state index >= 15 is 0 Å². The first kappa shape index (κ1) is 12.2. The summed E-state index contributed by atoms with van der Waals surface area (Å²) in [6, 6.07) is 3.92. The Bertz CT molecular complexity index is 335. The number of rotatable bonds is 5. The molecule has 0 unspecified atom stereocenters. The van der Waals surface area contributed by atoms with Gasteiger partial charge >= 0.3 is 0 Å². The van der Waals surface area contributed by atoms with Crippen molar-refractivity contribution in [2.75, 3.05) is 26.9 Å². The van der Waals surface area contributed by atoms with E-state index in [1.165, 1.54) is 0 Å². The molecular weight excluding hydrogens is 212 g/mol. The van der Waals surface area contributed by atoms with Gasteiger partial charge in [-0.2, -0.15) is 0 Å². The highest BCUT2D eigenvalue weighted by atomic mass is 32.1. The van der Waals surface area contributed by atoms with Crippen LogP contribution in [0.1, 0.15) is 9.75 Å². The molecule has 0 saturated carbocycles. The Labute approximate surface area is 93.6 Å². The van der Waals surface area contributed by atoms with Crippen LogP contribution in [0.4, 0.5) is 0 Å². The highest BCUT2D eigenvalue weighted by Crippen LogP contribution is 2.16. The highest BCUT2D eigenvalue weighted by Gasteiger charge is 1.97. The molecule has 0 spiro atoms. The Hall–Kier alpha value is -0.860. The van der Waals surface area contributed by atoms with Gasteiger partial charge in [0.05, 0.1) is 24.7 Å². The molecule has 0 aliphatic heterocycles. The molecule has 1 N–H and O–H groups in total. The van der Waals surface area contributed by atoms with Gasteiger partial charge in [-0.1, -0.05) is 11.8 Å². The molecule has 1 aromatic heterocycles. The molecule has 15 heavy (non-hydrogen) atoms. The molecule has 3 nitrogen and oxygen atoms in total. The monoisotopic (exact) mass is 226 g/mol. The van der Waals surface area contributed by atoms with Crippen LogP contribution in [0.5, 0.6) is 0 Å². The number of ether oxygens (including phenoxy) is 2. The molecule has 0 atom stereocenters. The van der Waals surface area contributed by atoms with Gasteiger partial charge in [-0.3, -0.25) is 0 Å². The Morgan fingerprint density at radius 1 is 1.40 bits per heavy atom. The lowest BCUT2D eigenvalue weighted by molar-refractivity contribution is 0.0628. The van der Waals surface area contributed by atoms with E-state index in [0.29, 0.717) is 19.8 Å². The second-order valence-electron chi connectivity index (χ2n) is 2.77. The Balaban J connectivity index is 2.33. The Morgan fingerprint density at radius 3 is 3.00 bits per heavy atom. The number of hydrogen-bond donors (Lipinski definition) is 1. The summed E-state index contributed by atoms with van der Waals surface area (Å²) in [5.41, 5.74) is 0. The van der Waals surface area contributed by atoms with Gasteiger partial charge < -0.3 is 14.6 Å². The lowest BCUT2D eigenvalue weighted by Crippen LogP contribution is -2.00. The van der Waals surface area contributed by atoms with Crippen molar-refractivity contribution in [2.24, 2.45) is 0 Å². The molecule has 0 aliphatic rings. The fraction of sp³-hybridized carbons (Fsp3) is 0.455. The topological polar surface area (TPSA) is 38.7 Å². The summed E-state index contributed by atoms with van der Waals surface area (Å²) < 4.78 is 10.2. The lowest BCUT2D eigenvalue weighted by Gasteiger charge is -2.00. The fourth-order valence-electron chi connectivity index (χ4n) is 0.964. The van der Waals surface area contributed by atoms with Crippen LogP contribution in [0.3, 0.4) is 0 Å². The maximum atomic E-state index is 8.53. The van der Waals surface area contributed by atoms with Crippen molar-refractivity contribution in [1.29, 1.82) is 0 Å². The van der Waals surface area contributed by atoms with Crippen LogP contribution in [0.15, 0.2) is 12.1 Å². The van der Waals surface area contributed by atoms with Crippen LogP contribution in [0, 0.1) is 11.8 Å². The highest BCUT2D eigenvalue weighted by molar-refractivity contribution is 7.12. The minimum absolute atomic E-state index is 0.0996. The summed E-state index contributed by atoms with van der Waals surface area (Å²) in [7, 11) is 1.65. The molecule has 1 rings (SSSR count). The summed E-state index contributed by atoms with van der Waals surface area (Å²) >= 11 is 1.58. The zero-order valence-corrected chi connectivity index (χ0v) is 9.47. The van der Waals surface area contributed by atoms with E-state index in [-0.39, 0.29) is 6.61 Å². The van der Waals surface area contributed by atoms with Crippen molar-refractivity contribution in [3.05, 3.63) is 21.9 Å². The number of methoxy groups -OCH3 is 1. The van der Waals surface area contributed by atoms with Gasteiger partial charge in [0.2, 0.25) is 0 Å². The van der Waals surface area contributed by atoms with Crippen LogP contribution < -0.4 is 0 Å². The molecule has 0 saturated heterocycles. The molecule has 0 aromatic carbocycles. The van der Waals surface area contributed by atoms with Crippen molar-refractivity contribution in [3.63, 3.8) is 0 Å². The SMILES string of the molecule is COCCOCc1ccc(C#CCO)s1. The molecular formula is C11H14O3S. The zero-order chi connectivity index (χ0) is 10.9. The standard InChI is InChI=1S/C11H14O3S/c1-13-7-8-14-9-11-5-4-10(15-11)3-2-6-12/h4-5,12H,6-9H2,1H3. The van der Waals surface area contributed by atoms with Crippen LogP contribution in [-0.4, -0.2) is 32.0 Å². The van der Waals surface area contributed by atoms with Gasteiger partial charge in [0.25, 0.3) is 0 Å².